The third-order valence-corrected chi connectivity index (χ3v) is 6.95. The Morgan fingerprint density at radius 1 is 1.33 bits per heavy atom. The first-order chi connectivity index (χ1) is 12.3. The lowest BCUT2D eigenvalue weighted by atomic mass is 10.1. The maximum Gasteiger partial charge on any atom is 0.407 e. The minimum absolute atomic E-state index is 0.106. The van der Waals surface area contributed by atoms with E-state index in [0.29, 0.717) is 25.6 Å². The minimum Gasteiger partial charge on any atom is -0.444 e. The van der Waals surface area contributed by atoms with Crippen LogP contribution >= 0.6 is 0 Å². The van der Waals surface area contributed by atoms with Gasteiger partial charge in [-0.05, 0) is 41.0 Å². The van der Waals surface area contributed by atoms with Gasteiger partial charge < -0.3 is 20.3 Å². The van der Waals surface area contributed by atoms with Gasteiger partial charge in [0.05, 0.1) is 10.5 Å². The van der Waals surface area contributed by atoms with Crippen LogP contribution in [0.25, 0.3) is 0 Å². The van der Waals surface area contributed by atoms with Gasteiger partial charge in [-0.3, -0.25) is 4.99 Å². The van der Waals surface area contributed by atoms with Gasteiger partial charge in [0.1, 0.15) is 5.60 Å². The Bertz CT molecular complexity index is 638. The van der Waals surface area contributed by atoms with Gasteiger partial charge in [0.25, 0.3) is 0 Å². The molecule has 0 saturated carbocycles. The molecule has 1 heterocycles. The first kappa shape index (κ1) is 23.5. The Kier molecular flexibility index (Phi) is 7.95. The highest BCUT2D eigenvalue weighted by Crippen LogP contribution is 2.23. The van der Waals surface area contributed by atoms with E-state index in [1.54, 1.807) is 20.9 Å². The third-order valence-electron chi connectivity index (χ3n) is 4.42. The summed E-state index contributed by atoms with van der Waals surface area (Å²) in [5.74, 6) is 0.750. The number of nitrogens with zero attached hydrogens (tertiary/aromatic N) is 2. The molecule has 1 fully saturated rings. The van der Waals surface area contributed by atoms with Crippen molar-refractivity contribution in [3.63, 3.8) is 0 Å². The third kappa shape index (κ3) is 7.20. The Morgan fingerprint density at radius 3 is 2.44 bits per heavy atom. The summed E-state index contributed by atoms with van der Waals surface area (Å²) in [5, 5.41) is 6.16. The molecule has 1 aliphatic heterocycles. The van der Waals surface area contributed by atoms with Gasteiger partial charge in [-0.15, -0.1) is 0 Å². The van der Waals surface area contributed by atoms with Crippen molar-refractivity contribution in [2.75, 3.05) is 32.4 Å². The van der Waals surface area contributed by atoms with Crippen LogP contribution in [0.2, 0.25) is 0 Å². The van der Waals surface area contributed by atoms with Gasteiger partial charge in [0, 0.05) is 32.7 Å². The molecule has 158 valence electrons. The molecular formula is C18H36N4O4S. The highest BCUT2D eigenvalue weighted by atomic mass is 32.2. The molecule has 0 aromatic rings. The smallest absolute Gasteiger partial charge is 0.407 e. The summed E-state index contributed by atoms with van der Waals surface area (Å²) in [6.07, 6.45) is 1.27. The fourth-order valence-electron chi connectivity index (χ4n) is 2.92. The number of hydrogen-bond donors (Lipinski definition) is 2. The van der Waals surface area contributed by atoms with Crippen LogP contribution in [0, 0.1) is 0 Å². The number of guanidine groups is 1. The molecular weight excluding hydrogens is 368 g/mol. The molecule has 27 heavy (non-hydrogen) atoms. The fourth-order valence-corrected chi connectivity index (χ4v) is 4.29. The molecule has 0 bridgehead atoms. The van der Waals surface area contributed by atoms with E-state index in [4.69, 9.17) is 4.74 Å². The van der Waals surface area contributed by atoms with Gasteiger partial charge in [-0.25, -0.2) is 13.2 Å². The average molecular weight is 405 g/mol. The van der Waals surface area contributed by atoms with Crippen LogP contribution in [0.1, 0.15) is 54.4 Å². The normalized spacial score (nSPS) is 20.7. The topological polar surface area (TPSA) is 100 Å². The number of nitrogens with one attached hydrogen (secondary N) is 2. The standard InChI is InChI=1S/C18H36N4O4S/c1-8-9-14(21-16(23)26-17(2,3)4)12-20-15(19-7)22-10-11-27(24,25)18(5,6)13-22/h14H,8-13H2,1-7H3,(H,19,20)(H,21,23). The van der Waals surface area contributed by atoms with Crippen LogP contribution in [0.3, 0.4) is 0 Å². The van der Waals surface area contributed by atoms with Crippen molar-refractivity contribution in [3.8, 4) is 0 Å². The second kappa shape index (κ2) is 9.12. The predicted octanol–water partition coefficient (Wildman–Crippen LogP) is 1.76. The zero-order valence-corrected chi connectivity index (χ0v) is 18.6. The maximum absolute atomic E-state index is 12.2. The monoisotopic (exact) mass is 404 g/mol. The Hall–Kier alpha value is -1.51. The summed E-state index contributed by atoms with van der Waals surface area (Å²) in [6, 6.07) is -0.108. The molecule has 0 spiro atoms. The highest BCUT2D eigenvalue weighted by molar-refractivity contribution is 7.92. The summed E-state index contributed by atoms with van der Waals surface area (Å²) >= 11 is 0. The molecule has 1 aliphatic rings. The Balaban J connectivity index is 2.69. The Labute approximate surface area is 164 Å². The van der Waals surface area contributed by atoms with E-state index in [9.17, 15) is 13.2 Å². The van der Waals surface area contributed by atoms with Crippen LogP contribution in [0.4, 0.5) is 4.79 Å². The lowest BCUT2D eigenvalue weighted by molar-refractivity contribution is 0.0502. The summed E-state index contributed by atoms with van der Waals surface area (Å²) in [5.41, 5.74) is -0.546. The van der Waals surface area contributed by atoms with E-state index in [1.165, 1.54) is 0 Å². The average Bonchev–Trinajstić information content (AvgIpc) is 2.49. The molecule has 9 heteroatoms. The second-order valence-electron chi connectivity index (χ2n) is 8.56. The zero-order valence-electron chi connectivity index (χ0n) is 17.8. The maximum atomic E-state index is 12.2. The van der Waals surface area contributed by atoms with Crippen LogP contribution in [0.5, 0.6) is 0 Å². The van der Waals surface area contributed by atoms with Crippen LogP contribution < -0.4 is 10.6 Å². The van der Waals surface area contributed by atoms with E-state index in [1.807, 2.05) is 25.7 Å². The summed E-state index contributed by atoms with van der Waals surface area (Å²) in [6.45, 7) is 12.3. The van der Waals surface area contributed by atoms with Crippen molar-refractivity contribution in [1.29, 1.82) is 0 Å². The van der Waals surface area contributed by atoms with Gasteiger partial charge in [-0.1, -0.05) is 13.3 Å². The molecule has 1 saturated heterocycles. The lowest BCUT2D eigenvalue weighted by Gasteiger charge is -2.39. The molecule has 1 rings (SSSR count). The van der Waals surface area contributed by atoms with E-state index in [2.05, 4.69) is 22.5 Å². The minimum atomic E-state index is -3.11. The van der Waals surface area contributed by atoms with Crippen molar-refractivity contribution < 1.29 is 17.9 Å². The van der Waals surface area contributed by atoms with Crippen LogP contribution in [-0.4, -0.2) is 74.2 Å². The van der Waals surface area contributed by atoms with E-state index in [-0.39, 0.29) is 11.8 Å². The lowest BCUT2D eigenvalue weighted by Crippen LogP contribution is -2.58. The molecule has 0 radical (unpaired) electrons. The molecule has 1 amide bonds. The van der Waals surface area contributed by atoms with Gasteiger partial charge in [-0.2, -0.15) is 0 Å². The van der Waals surface area contributed by atoms with E-state index >= 15 is 0 Å². The molecule has 0 aromatic carbocycles. The number of sulfone groups is 1. The summed E-state index contributed by atoms with van der Waals surface area (Å²) < 4.78 is 28.9. The van der Waals surface area contributed by atoms with Crippen molar-refractivity contribution in [2.45, 2.75) is 70.8 Å². The largest absolute Gasteiger partial charge is 0.444 e. The second-order valence-corrected chi connectivity index (χ2v) is 11.3. The zero-order chi connectivity index (χ0) is 20.9. The number of carbonyl (C=O) groups excluding carboxylic acids is 1. The molecule has 1 atom stereocenters. The van der Waals surface area contributed by atoms with Crippen molar-refractivity contribution in [3.05, 3.63) is 0 Å². The van der Waals surface area contributed by atoms with Crippen molar-refractivity contribution in [1.82, 2.24) is 15.5 Å². The quantitative estimate of drug-likeness (QED) is 0.535. The van der Waals surface area contributed by atoms with Gasteiger partial charge >= 0.3 is 6.09 Å². The number of hydrogen-bond acceptors (Lipinski definition) is 5. The number of ether oxygens (including phenoxy) is 1. The van der Waals surface area contributed by atoms with Crippen molar-refractivity contribution >= 4 is 21.9 Å². The first-order valence-electron chi connectivity index (χ1n) is 9.48. The number of aliphatic imine (C=N–C) groups is 1. The van der Waals surface area contributed by atoms with E-state index in [0.717, 1.165) is 12.8 Å². The molecule has 0 aromatic heterocycles. The molecule has 8 nitrogen and oxygen atoms in total. The van der Waals surface area contributed by atoms with Gasteiger partial charge in [0.2, 0.25) is 0 Å². The number of alkyl carbamates (subject to hydrolysis) is 1. The fraction of sp³-hybridized carbons (Fsp3) is 0.889. The molecule has 0 aliphatic carbocycles. The number of rotatable bonds is 5. The SMILES string of the molecule is CCCC(CNC(=NC)N1CCS(=O)(=O)C(C)(C)C1)NC(=O)OC(C)(C)C. The Morgan fingerprint density at radius 2 is 1.96 bits per heavy atom. The number of amides is 1. The molecule has 1 unspecified atom stereocenters. The molecule has 2 N–H and O–H groups in total. The van der Waals surface area contributed by atoms with Crippen LogP contribution in [0.15, 0.2) is 4.99 Å². The van der Waals surface area contributed by atoms with Crippen molar-refractivity contribution in [2.24, 2.45) is 4.99 Å². The predicted molar refractivity (Wildman–Crippen MR) is 109 cm³/mol. The highest BCUT2D eigenvalue weighted by Gasteiger charge is 2.41. The van der Waals surface area contributed by atoms with Gasteiger partial charge in [0.15, 0.2) is 15.8 Å². The first-order valence-corrected chi connectivity index (χ1v) is 11.1. The summed E-state index contributed by atoms with van der Waals surface area (Å²) in [4.78, 5) is 18.3. The summed E-state index contributed by atoms with van der Waals surface area (Å²) in [7, 11) is -1.43. The van der Waals surface area contributed by atoms with Crippen LogP contribution in [-0.2, 0) is 14.6 Å². The number of carbonyl (C=O) groups is 1. The van der Waals surface area contributed by atoms with E-state index < -0.39 is 26.3 Å².